The third kappa shape index (κ3) is 7.29. The Morgan fingerprint density at radius 3 is 2.90 bits per heavy atom. The monoisotopic (exact) mass is 164 g/mol. The minimum Gasteiger partial charge on any atom is -0.481 e. The van der Waals surface area contributed by atoms with Crippen LogP contribution >= 0.6 is 11.8 Å². The summed E-state index contributed by atoms with van der Waals surface area (Å²) >= 11 is 1.22. The van der Waals surface area contributed by atoms with Crippen LogP contribution in [0.4, 0.5) is 0 Å². The molecule has 0 aromatic rings. The molecule has 4 nitrogen and oxygen atoms in total. The number of carboxylic acids is 1. The van der Waals surface area contributed by atoms with Crippen molar-refractivity contribution in [3.05, 3.63) is 0 Å². The van der Waals surface area contributed by atoms with E-state index in [0.717, 1.165) is 0 Å². The van der Waals surface area contributed by atoms with E-state index in [1.54, 1.807) is 0 Å². The molecule has 0 saturated carbocycles. The van der Waals surface area contributed by atoms with Gasteiger partial charge in [0, 0.05) is 5.75 Å². The van der Waals surface area contributed by atoms with Crippen LogP contribution in [0.1, 0.15) is 0 Å². The summed E-state index contributed by atoms with van der Waals surface area (Å²) in [6.45, 7) is 0.628. The number of carbonyl (C=O) groups excluding carboxylic acids is 1. The molecule has 0 rings (SSSR count). The maximum atomic E-state index is 9.90. The molecule has 0 spiro atoms. The lowest BCUT2D eigenvalue weighted by Crippen LogP contribution is -2.01. The highest BCUT2D eigenvalue weighted by atomic mass is 32.2. The summed E-state index contributed by atoms with van der Waals surface area (Å²) in [5, 5.41) is 8.14. The van der Waals surface area contributed by atoms with Gasteiger partial charge in [-0.25, -0.2) is 0 Å². The molecule has 5 heteroatoms. The van der Waals surface area contributed by atoms with Gasteiger partial charge in [0.25, 0.3) is 6.47 Å². The van der Waals surface area contributed by atoms with Crippen molar-refractivity contribution >= 4 is 24.2 Å². The van der Waals surface area contributed by atoms with Crippen LogP contribution in [0.2, 0.25) is 0 Å². The van der Waals surface area contributed by atoms with Crippen LogP contribution in [-0.4, -0.2) is 35.7 Å². The summed E-state index contributed by atoms with van der Waals surface area (Å²) in [6, 6.07) is 0. The van der Waals surface area contributed by atoms with E-state index in [-0.39, 0.29) is 12.4 Å². The van der Waals surface area contributed by atoms with Crippen molar-refractivity contribution in [2.24, 2.45) is 0 Å². The number of rotatable bonds is 6. The number of carbonyl (C=O) groups is 2. The Balaban J connectivity index is 2.90. The molecule has 0 aromatic carbocycles. The van der Waals surface area contributed by atoms with Crippen molar-refractivity contribution in [3.63, 3.8) is 0 Å². The zero-order valence-electron chi connectivity index (χ0n) is 5.28. The standard InChI is InChI=1S/C5H8O4S/c6-4-9-1-2-10-3-5(7)8/h4H,1-3H2,(H,7,8). The molecule has 0 saturated heterocycles. The average molecular weight is 164 g/mol. The summed E-state index contributed by atoms with van der Waals surface area (Å²) in [7, 11) is 0. The second kappa shape index (κ2) is 6.41. The van der Waals surface area contributed by atoms with Crippen molar-refractivity contribution in [3.8, 4) is 0 Å². The van der Waals surface area contributed by atoms with Gasteiger partial charge in [0.05, 0.1) is 5.75 Å². The van der Waals surface area contributed by atoms with Gasteiger partial charge < -0.3 is 9.84 Å². The van der Waals surface area contributed by atoms with E-state index >= 15 is 0 Å². The minimum atomic E-state index is -0.851. The fourth-order valence-electron chi connectivity index (χ4n) is 0.315. The molecule has 58 valence electrons. The van der Waals surface area contributed by atoms with Gasteiger partial charge in [-0.2, -0.15) is 0 Å². The molecule has 0 heterocycles. The first-order valence-corrected chi connectivity index (χ1v) is 3.77. The van der Waals surface area contributed by atoms with E-state index in [2.05, 4.69) is 4.74 Å². The predicted molar refractivity (Wildman–Crippen MR) is 37.0 cm³/mol. The topological polar surface area (TPSA) is 63.6 Å². The van der Waals surface area contributed by atoms with Crippen LogP contribution in [0, 0.1) is 0 Å². The first kappa shape index (κ1) is 9.29. The number of aliphatic carboxylic acids is 1. The van der Waals surface area contributed by atoms with E-state index in [4.69, 9.17) is 5.11 Å². The first-order valence-electron chi connectivity index (χ1n) is 2.62. The Bertz CT molecular complexity index is 114. The normalized spacial score (nSPS) is 8.80. The summed E-state index contributed by atoms with van der Waals surface area (Å²) < 4.78 is 4.32. The number of hydrogen-bond acceptors (Lipinski definition) is 4. The quantitative estimate of drug-likeness (QED) is 0.441. The molecule has 0 fully saturated rings. The van der Waals surface area contributed by atoms with E-state index in [0.29, 0.717) is 12.2 Å². The zero-order valence-corrected chi connectivity index (χ0v) is 6.10. The molecule has 0 atom stereocenters. The van der Waals surface area contributed by atoms with Crippen molar-refractivity contribution in [2.45, 2.75) is 0 Å². The van der Waals surface area contributed by atoms with E-state index in [1.165, 1.54) is 11.8 Å². The third-order valence-corrected chi connectivity index (χ3v) is 1.55. The van der Waals surface area contributed by atoms with E-state index in [1.807, 2.05) is 0 Å². The molecule has 0 unspecified atom stereocenters. The van der Waals surface area contributed by atoms with Crippen LogP contribution < -0.4 is 0 Å². The molecule has 0 aliphatic carbocycles. The highest BCUT2D eigenvalue weighted by Crippen LogP contribution is 1.97. The molecule has 1 N–H and O–H groups in total. The fraction of sp³-hybridized carbons (Fsp3) is 0.600. The van der Waals surface area contributed by atoms with Gasteiger partial charge in [0.2, 0.25) is 0 Å². The Morgan fingerprint density at radius 2 is 2.40 bits per heavy atom. The van der Waals surface area contributed by atoms with Crippen molar-refractivity contribution in [1.82, 2.24) is 0 Å². The molecule has 0 radical (unpaired) electrons. The van der Waals surface area contributed by atoms with Gasteiger partial charge in [0.15, 0.2) is 0 Å². The van der Waals surface area contributed by atoms with E-state index in [9.17, 15) is 9.59 Å². The van der Waals surface area contributed by atoms with E-state index < -0.39 is 5.97 Å². The van der Waals surface area contributed by atoms with Crippen molar-refractivity contribution in [1.29, 1.82) is 0 Å². The highest BCUT2D eigenvalue weighted by molar-refractivity contribution is 7.99. The zero-order chi connectivity index (χ0) is 7.82. The Kier molecular flexibility index (Phi) is 5.96. The third-order valence-electron chi connectivity index (χ3n) is 0.639. The van der Waals surface area contributed by atoms with Gasteiger partial charge in [-0.05, 0) is 0 Å². The molecule has 0 aliphatic rings. The van der Waals surface area contributed by atoms with Gasteiger partial charge in [0.1, 0.15) is 6.61 Å². The number of thioether (sulfide) groups is 1. The lowest BCUT2D eigenvalue weighted by Gasteiger charge is -1.95. The predicted octanol–water partition coefficient (Wildman–Crippen LogP) is -0.0228. The molecular weight excluding hydrogens is 156 g/mol. The Hall–Kier alpha value is -0.710. The fourth-order valence-corrected chi connectivity index (χ4v) is 0.848. The lowest BCUT2D eigenvalue weighted by molar-refractivity contribution is -0.134. The van der Waals surface area contributed by atoms with Crippen LogP contribution in [0.25, 0.3) is 0 Å². The molecule has 0 aliphatic heterocycles. The number of hydrogen-bond donors (Lipinski definition) is 1. The number of ether oxygens (including phenoxy) is 1. The summed E-state index contributed by atoms with van der Waals surface area (Å²) in [5.41, 5.74) is 0. The van der Waals surface area contributed by atoms with Gasteiger partial charge in [-0.15, -0.1) is 11.8 Å². The van der Waals surface area contributed by atoms with Crippen LogP contribution in [0.3, 0.4) is 0 Å². The van der Waals surface area contributed by atoms with Gasteiger partial charge >= 0.3 is 5.97 Å². The lowest BCUT2D eigenvalue weighted by atomic mass is 10.8. The van der Waals surface area contributed by atoms with Gasteiger partial charge in [-0.1, -0.05) is 0 Å². The largest absolute Gasteiger partial charge is 0.481 e. The van der Waals surface area contributed by atoms with Crippen LogP contribution in [0.15, 0.2) is 0 Å². The molecule has 0 amide bonds. The number of carboxylic acid groups (broad SMARTS) is 1. The summed E-state index contributed by atoms with van der Waals surface area (Å²) in [6.07, 6.45) is 0. The Labute approximate surface area is 62.6 Å². The first-order chi connectivity index (χ1) is 4.77. The van der Waals surface area contributed by atoms with Gasteiger partial charge in [-0.3, -0.25) is 9.59 Å². The van der Waals surface area contributed by atoms with Crippen LogP contribution in [0.5, 0.6) is 0 Å². The maximum absolute atomic E-state index is 9.90. The second-order valence-corrected chi connectivity index (χ2v) is 2.52. The summed E-state index contributed by atoms with van der Waals surface area (Å²) in [5.74, 6) is -0.260. The average Bonchev–Trinajstić information content (AvgIpc) is 1.87. The molecule has 0 bridgehead atoms. The molecular formula is C5H8O4S. The highest BCUT2D eigenvalue weighted by Gasteiger charge is 1.95. The minimum absolute atomic E-state index is 0.0578. The summed E-state index contributed by atoms with van der Waals surface area (Å²) in [4.78, 5) is 19.5. The van der Waals surface area contributed by atoms with Crippen molar-refractivity contribution in [2.75, 3.05) is 18.1 Å². The Morgan fingerprint density at radius 1 is 1.70 bits per heavy atom. The smallest absolute Gasteiger partial charge is 0.313 e. The molecule has 0 aromatic heterocycles. The molecule has 10 heavy (non-hydrogen) atoms. The SMILES string of the molecule is O=COCCSCC(=O)O. The van der Waals surface area contributed by atoms with Crippen LogP contribution in [-0.2, 0) is 14.3 Å². The maximum Gasteiger partial charge on any atom is 0.313 e. The second-order valence-electron chi connectivity index (χ2n) is 1.41. The van der Waals surface area contributed by atoms with Crippen molar-refractivity contribution < 1.29 is 19.4 Å².